The first-order chi connectivity index (χ1) is 10.1. The molecule has 1 aliphatic carbocycles. The summed E-state index contributed by atoms with van der Waals surface area (Å²) in [7, 11) is 1.73. The van der Waals surface area contributed by atoms with Gasteiger partial charge in [0.1, 0.15) is 5.75 Å². The van der Waals surface area contributed by atoms with E-state index in [0.717, 1.165) is 17.6 Å². The molecular formula is C18H30N2O. The van der Waals surface area contributed by atoms with Crippen molar-refractivity contribution in [3.05, 3.63) is 29.3 Å². The molecule has 0 heterocycles. The summed E-state index contributed by atoms with van der Waals surface area (Å²) < 4.78 is 5.54. The normalized spacial score (nSPS) is 24.1. The summed E-state index contributed by atoms with van der Waals surface area (Å²) in [5.74, 6) is 9.10. The van der Waals surface area contributed by atoms with Crippen molar-refractivity contribution in [3.63, 3.8) is 0 Å². The van der Waals surface area contributed by atoms with Crippen LogP contribution < -0.4 is 16.0 Å². The highest BCUT2D eigenvalue weighted by Crippen LogP contribution is 2.41. The molecule has 1 aliphatic rings. The lowest BCUT2D eigenvalue weighted by Gasteiger charge is -2.35. The van der Waals surface area contributed by atoms with Gasteiger partial charge in [0.2, 0.25) is 0 Å². The topological polar surface area (TPSA) is 47.3 Å². The fourth-order valence-corrected chi connectivity index (χ4v) is 3.72. The third-order valence-electron chi connectivity index (χ3n) is 5.13. The molecule has 0 radical (unpaired) electrons. The second-order valence-corrected chi connectivity index (χ2v) is 6.81. The van der Waals surface area contributed by atoms with Gasteiger partial charge in [-0.1, -0.05) is 31.5 Å². The van der Waals surface area contributed by atoms with Crippen molar-refractivity contribution in [1.82, 2.24) is 5.43 Å². The second kappa shape index (κ2) is 7.28. The first kappa shape index (κ1) is 16.3. The molecule has 0 aromatic heterocycles. The third kappa shape index (κ3) is 3.78. The maximum absolute atomic E-state index is 5.90. The van der Waals surface area contributed by atoms with Gasteiger partial charge >= 0.3 is 0 Å². The maximum atomic E-state index is 5.90. The van der Waals surface area contributed by atoms with Crippen molar-refractivity contribution in [3.8, 4) is 5.75 Å². The van der Waals surface area contributed by atoms with Crippen molar-refractivity contribution in [2.24, 2.45) is 23.6 Å². The Morgan fingerprint density at radius 1 is 1.14 bits per heavy atom. The van der Waals surface area contributed by atoms with Crippen molar-refractivity contribution >= 4 is 0 Å². The fourth-order valence-electron chi connectivity index (χ4n) is 3.72. The summed E-state index contributed by atoms with van der Waals surface area (Å²) >= 11 is 0. The molecule has 0 amide bonds. The summed E-state index contributed by atoms with van der Waals surface area (Å²) in [5, 5.41) is 0. The Labute approximate surface area is 129 Å². The van der Waals surface area contributed by atoms with Crippen LogP contribution in [0.25, 0.3) is 0 Å². The minimum absolute atomic E-state index is 0.188. The standard InChI is InChI=1S/C18H30N2O/c1-12(2)14-6-8-15(9-7-14)18(20-19)16-11-13(3)5-10-17(16)21-4/h5,10-12,14-15,18,20H,6-9,19H2,1-4H3. The molecule has 21 heavy (non-hydrogen) atoms. The molecule has 0 spiro atoms. The Balaban J connectivity index is 2.15. The van der Waals surface area contributed by atoms with Crippen molar-refractivity contribution in [2.45, 2.75) is 52.5 Å². The minimum atomic E-state index is 0.188. The highest BCUT2D eigenvalue weighted by atomic mass is 16.5. The number of aryl methyl sites for hydroxylation is 1. The molecule has 1 fully saturated rings. The average molecular weight is 290 g/mol. The molecule has 1 unspecified atom stereocenters. The molecule has 3 heteroatoms. The number of nitrogens with two attached hydrogens (primary N) is 1. The van der Waals surface area contributed by atoms with Gasteiger partial charge in [0.25, 0.3) is 0 Å². The lowest BCUT2D eigenvalue weighted by atomic mass is 9.73. The number of ether oxygens (including phenoxy) is 1. The van der Waals surface area contributed by atoms with E-state index in [1.54, 1.807) is 7.11 Å². The van der Waals surface area contributed by atoms with E-state index in [0.29, 0.717) is 5.92 Å². The predicted molar refractivity (Wildman–Crippen MR) is 88.1 cm³/mol. The van der Waals surface area contributed by atoms with Crippen LogP contribution in [0, 0.1) is 24.7 Å². The second-order valence-electron chi connectivity index (χ2n) is 6.81. The third-order valence-corrected chi connectivity index (χ3v) is 5.13. The number of rotatable bonds is 5. The van der Waals surface area contributed by atoms with Crippen LogP contribution in [0.1, 0.15) is 56.7 Å². The molecule has 0 saturated heterocycles. The zero-order valence-corrected chi connectivity index (χ0v) is 13.9. The quantitative estimate of drug-likeness (QED) is 0.637. The van der Waals surface area contributed by atoms with E-state index in [9.17, 15) is 0 Å². The zero-order chi connectivity index (χ0) is 15.4. The van der Waals surface area contributed by atoms with Crippen molar-refractivity contribution < 1.29 is 4.74 Å². The highest BCUT2D eigenvalue weighted by molar-refractivity contribution is 5.39. The molecule has 1 aromatic rings. The summed E-state index contributed by atoms with van der Waals surface area (Å²) in [6.45, 7) is 6.80. The fraction of sp³-hybridized carbons (Fsp3) is 0.667. The van der Waals surface area contributed by atoms with Crippen LogP contribution in [-0.2, 0) is 0 Å². The van der Waals surface area contributed by atoms with Gasteiger partial charge in [-0.05, 0) is 56.4 Å². The van der Waals surface area contributed by atoms with Gasteiger partial charge in [0.05, 0.1) is 13.2 Å². The largest absolute Gasteiger partial charge is 0.496 e. The Morgan fingerprint density at radius 3 is 2.29 bits per heavy atom. The number of nitrogens with one attached hydrogen (secondary N) is 1. The van der Waals surface area contributed by atoms with Crippen LogP contribution in [0.5, 0.6) is 5.75 Å². The molecule has 3 nitrogen and oxygen atoms in total. The van der Waals surface area contributed by atoms with E-state index >= 15 is 0 Å². The SMILES string of the molecule is COc1ccc(C)cc1C(NN)C1CCC(C(C)C)CC1. The Kier molecular flexibility index (Phi) is 5.65. The van der Waals surface area contributed by atoms with Gasteiger partial charge in [0, 0.05) is 5.56 Å². The number of methoxy groups -OCH3 is 1. The molecule has 3 N–H and O–H groups in total. The van der Waals surface area contributed by atoms with E-state index in [4.69, 9.17) is 10.6 Å². The summed E-state index contributed by atoms with van der Waals surface area (Å²) in [5.41, 5.74) is 5.51. The summed E-state index contributed by atoms with van der Waals surface area (Å²) in [4.78, 5) is 0. The predicted octanol–water partition coefficient (Wildman–Crippen LogP) is 3.97. The van der Waals surface area contributed by atoms with Gasteiger partial charge < -0.3 is 4.74 Å². The van der Waals surface area contributed by atoms with Gasteiger partial charge in [-0.3, -0.25) is 11.3 Å². The number of hydrogen-bond acceptors (Lipinski definition) is 3. The maximum Gasteiger partial charge on any atom is 0.123 e. The summed E-state index contributed by atoms with van der Waals surface area (Å²) in [6, 6.07) is 6.53. The first-order valence-corrected chi connectivity index (χ1v) is 8.17. The van der Waals surface area contributed by atoms with Gasteiger partial charge in [-0.2, -0.15) is 0 Å². The lowest BCUT2D eigenvalue weighted by molar-refractivity contribution is 0.187. The smallest absolute Gasteiger partial charge is 0.123 e. The monoisotopic (exact) mass is 290 g/mol. The van der Waals surface area contributed by atoms with Crippen LogP contribution in [0.2, 0.25) is 0 Å². The van der Waals surface area contributed by atoms with E-state index in [-0.39, 0.29) is 6.04 Å². The molecule has 1 aromatic carbocycles. The lowest BCUT2D eigenvalue weighted by Crippen LogP contribution is -2.36. The van der Waals surface area contributed by atoms with Gasteiger partial charge in [-0.25, -0.2) is 0 Å². The van der Waals surface area contributed by atoms with E-state index in [1.165, 1.54) is 36.8 Å². The zero-order valence-electron chi connectivity index (χ0n) is 13.9. The molecule has 0 bridgehead atoms. The Bertz CT molecular complexity index is 451. The van der Waals surface area contributed by atoms with Gasteiger partial charge in [0.15, 0.2) is 0 Å². The number of hydrogen-bond donors (Lipinski definition) is 2. The van der Waals surface area contributed by atoms with Crippen LogP contribution in [0.4, 0.5) is 0 Å². The van der Waals surface area contributed by atoms with Crippen molar-refractivity contribution in [2.75, 3.05) is 7.11 Å². The highest BCUT2D eigenvalue weighted by Gasteiger charge is 2.30. The Morgan fingerprint density at radius 2 is 1.76 bits per heavy atom. The van der Waals surface area contributed by atoms with E-state index in [2.05, 4.69) is 44.4 Å². The molecular weight excluding hydrogens is 260 g/mol. The summed E-state index contributed by atoms with van der Waals surface area (Å²) in [6.07, 6.45) is 5.12. The van der Waals surface area contributed by atoms with Crippen molar-refractivity contribution in [1.29, 1.82) is 0 Å². The average Bonchev–Trinajstić information content (AvgIpc) is 2.49. The van der Waals surface area contributed by atoms with Crippen LogP contribution in [0.3, 0.4) is 0 Å². The van der Waals surface area contributed by atoms with Crippen LogP contribution in [-0.4, -0.2) is 7.11 Å². The molecule has 118 valence electrons. The number of hydrazine groups is 1. The molecule has 0 aliphatic heterocycles. The van der Waals surface area contributed by atoms with Gasteiger partial charge in [-0.15, -0.1) is 0 Å². The van der Waals surface area contributed by atoms with E-state index < -0.39 is 0 Å². The number of benzene rings is 1. The Hall–Kier alpha value is -1.06. The van der Waals surface area contributed by atoms with E-state index in [1.807, 2.05) is 0 Å². The molecule has 1 atom stereocenters. The molecule has 1 saturated carbocycles. The van der Waals surface area contributed by atoms with Crippen LogP contribution in [0.15, 0.2) is 18.2 Å². The van der Waals surface area contributed by atoms with Crippen LogP contribution >= 0.6 is 0 Å². The molecule has 2 rings (SSSR count). The minimum Gasteiger partial charge on any atom is -0.496 e. The first-order valence-electron chi connectivity index (χ1n) is 8.17.